The molecule has 0 bridgehead atoms. The van der Waals surface area contributed by atoms with Gasteiger partial charge in [-0.05, 0) is 49.1 Å². The second kappa shape index (κ2) is 8.10. The molecule has 0 unspecified atom stereocenters. The van der Waals surface area contributed by atoms with Crippen molar-refractivity contribution in [2.24, 2.45) is 0 Å². The molecule has 2 N–H and O–H groups in total. The maximum absolute atomic E-state index is 13.2. The predicted octanol–water partition coefficient (Wildman–Crippen LogP) is 4.43. The van der Waals surface area contributed by atoms with Crippen molar-refractivity contribution in [2.75, 3.05) is 7.11 Å². The Morgan fingerprint density at radius 3 is 2.50 bits per heavy atom. The van der Waals surface area contributed by atoms with Crippen LogP contribution in [0, 0.1) is 11.3 Å². The molecule has 7 nitrogen and oxygen atoms in total. The van der Waals surface area contributed by atoms with Crippen LogP contribution < -0.4 is 4.74 Å². The van der Waals surface area contributed by atoms with Crippen molar-refractivity contribution in [1.82, 2.24) is 0 Å². The Morgan fingerprint density at radius 2 is 2.00 bits per heavy atom. The Morgan fingerprint density at radius 1 is 1.33 bits per heavy atom. The number of aromatic carboxylic acids is 1. The SMILES string of the molecule is COc1c(Cl)cc(Br)cc1S(=O)(=O)Cc1cc(C2(C#N)CCC2)cc(C(=O)O)c1O. The van der Waals surface area contributed by atoms with Gasteiger partial charge in [0.25, 0.3) is 0 Å². The van der Waals surface area contributed by atoms with E-state index in [1.807, 2.05) is 0 Å². The van der Waals surface area contributed by atoms with Gasteiger partial charge in [-0.1, -0.05) is 27.5 Å². The van der Waals surface area contributed by atoms with Gasteiger partial charge in [0.05, 0.1) is 29.4 Å². The lowest BCUT2D eigenvalue weighted by Crippen LogP contribution is -2.32. The number of carbonyl (C=O) groups is 1. The van der Waals surface area contributed by atoms with Crippen LogP contribution in [0.3, 0.4) is 0 Å². The van der Waals surface area contributed by atoms with Gasteiger partial charge in [-0.15, -0.1) is 0 Å². The van der Waals surface area contributed by atoms with Crippen molar-refractivity contribution in [3.8, 4) is 17.6 Å². The maximum atomic E-state index is 13.2. The molecule has 30 heavy (non-hydrogen) atoms. The van der Waals surface area contributed by atoms with Gasteiger partial charge in [0.15, 0.2) is 15.6 Å². The molecule has 2 aromatic rings. The summed E-state index contributed by atoms with van der Waals surface area (Å²) in [6.45, 7) is 0. The van der Waals surface area contributed by atoms with E-state index in [1.54, 1.807) is 0 Å². The standard InChI is InChI=1S/C20H17BrClNO6S/c1-29-18-15(22)7-13(21)8-16(18)30(27,28)9-11-5-12(20(10-23)3-2-4-20)6-14(17(11)24)19(25)26/h5-8,24H,2-4,9H2,1H3,(H,25,26). The third kappa shape index (κ3) is 3.87. The normalized spacial score (nSPS) is 15.1. The molecule has 0 atom stereocenters. The molecule has 2 aromatic carbocycles. The van der Waals surface area contributed by atoms with Gasteiger partial charge < -0.3 is 14.9 Å². The van der Waals surface area contributed by atoms with E-state index in [0.717, 1.165) is 6.42 Å². The minimum absolute atomic E-state index is 0.0542. The second-order valence-electron chi connectivity index (χ2n) is 7.06. The first-order chi connectivity index (χ1) is 14.0. The highest BCUT2D eigenvalue weighted by atomic mass is 79.9. The van der Waals surface area contributed by atoms with Crippen molar-refractivity contribution < 1.29 is 28.2 Å². The van der Waals surface area contributed by atoms with E-state index in [0.29, 0.717) is 22.9 Å². The van der Waals surface area contributed by atoms with Crippen molar-refractivity contribution >= 4 is 43.3 Å². The molecule has 1 aliphatic rings. The number of aromatic hydroxyl groups is 1. The second-order valence-corrected chi connectivity index (χ2v) is 10.3. The molecule has 0 saturated heterocycles. The van der Waals surface area contributed by atoms with Crippen molar-refractivity contribution in [3.63, 3.8) is 0 Å². The summed E-state index contributed by atoms with van der Waals surface area (Å²) >= 11 is 9.29. The van der Waals surface area contributed by atoms with Gasteiger partial charge in [-0.3, -0.25) is 0 Å². The van der Waals surface area contributed by atoms with E-state index in [2.05, 4.69) is 22.0 Å². The minimum atomic E-state index is -4.10. The molecule has 0 aromatic heterocycles. The van der Waals surface area contributed by atoms with Gasteiger partial charge in [-0.25, -0.2) is 13.2 Å². The molecule has 0 radical (unpaired) electrons. The Kier molecular flexibility index (Phi) is 6.05. The van der Waals surface area contributed by atoms with Crippen LogP contribution in [0.15, 0.2) is 33.6 Å². The summed E-state index contributed by atoms with van der Waals surface area (Å²) in [5, 5.41) is 29.6. The molecular weight excluding hydrogens is 498 g/mol. The summed E-state index contributed by atoms with van der Waals surface area (Å²) in [6, 6.07) is 7.64. The number of carboxylic acids is 1. The van der Waals surface area contributed by atoms with Gasteiger partial charge in [0.1, 0.15) is 16.2 Å². The van der Waals surface area contributed by atoms with Crippen LogP contribution in [0.1, 0.15) is 40.7 Å². The number of rotatable bonds is 6. The fourth-order valence-electron chi connectivity index (χ4n) is 3.49. The Hall–Kier alpha value is -2.28. The van der Waals surface area contributed by atoms with Crippen LogP contribution in [0.2, 0.25) is 5.02 Å². The van der Waals surface area contributed by atoms with Crippen LogP contribution in [-0.4, -0.2) is 31.7 Å². The van der Waals surface area contributed by atoms with Gasteiger partial charge in [-0.2, -0.15) is 5.26 Å². The van der Waals surface area contributed by atoms with Crippen LogP contribution >= 0.6 is 27.5 Å². The summed E-state index contributed by atoms with van der Waals surface area (Å²) in [4.78, 5) is 11.4. The first-order valence-corrected chi connectivity index (χ1v) is 11.6. The molecule has 3 rings (SSSR count). The highest BCUT2D eigenvalue weighted by molar-refractivity contribution is 9.10. The van der Waals surface area contributed by atoms with E-state index in [-0.39, 0.29) is 21.2 Å². The fourth-order valence-corrected chi connectivity index (χ4v) is 6.15. The molecule has 0 spiro atoms. The van der Waals surface area contributed by atoms with Crippen molar-refractivity contribution in [1.29, 1.82) is 5.26 Å². The Bertz CT molecular complexity index is 1180. The van der Waals surface area contributed by atoms with Crippen LogP contribution in [-0.2, 0) is 21.0 Å². The zero-order chi connectivity index (χ0) is 22.3. The summed E-state index contributed by atoms with van der Waals surface area (Å²) in [7, 11) is -2.82. The minimum Gasteiger partial charge on any atom is -0.507 e. The maximum Gasteiger partial charge on any atom is 0.339 e. The Balaban J connectivity index is 2.16. The summed E-state index contributed by atoms with van der Waals surface area (Å²) in [6.07, 6.45) is 1.88. The molecule has 0 amide bonds. The zero-order valence-corrected chi connectivity index (χ0v) is 18.9. The average Bonchev–Trinajstić information content (AvgIpc) is 2.62. The number of sulfone groups is 1. The van der Waals surface area contributed by atoms with Crippen LogP contribution in [0.4, 0.5) is 0 Å². The number of nitrogens with zero attached hydrogens (tertiary/aromatic N) is 1. The smallest absolute Gasteiger partial charge is 0.339 e. The third-order valence-electron chi connectivity index (χ3n) is 5.25. The van der Waals surface area contributed by atoms with Gasteiger partial charge in [0.2, 0.25) is 0 Å². The molecule has 1 saturated carbocycles. The van der Waals surface area contributed by atoms with E-state index in [1.165, 1.54) is 31.4 Å². The lowest BCUT2D eigenvalue weighted by molar-refractivity contribution is 0.0693. The zero-order valence-electron chi connectivity index (χ0n) is 15.8. The molecule has 1 aliphatic carbocycles. The lowest BCUT2D eigenvalue weighted by atomic mass is 9.65. The predicted molar refractivity (Wildman–Crippen MR) is 113 cm³/mol. The Labute approximate surface area is 186 Å². The molecule has 0 aliphatic heterocycles. The quantitative estimate of drug-likeness (QED) is 0.584. The van der Waals surface area contributed by atoms with E-state index >= 15 is 0 Å². The summed E-state index contributed by atoms with van der Waals surface area (Å²) < 4.78 is 31.8. The third-order valence-corrected chi connectivity index (χ3v) is 7.65. The lowest BCUT2D eigenvalue weighted by Gasteiger charge is -2.36. The number of carboxylic acid groups (broad SMARTS) is 1. The number of hydrogen-bond acceptors (Lipinski definition) is 6. The number of benzene rings is 2. The summed E-state index contributed by atoms with van der Waals surface area (Å²) in [5.74, 6) is -2.82. The van der Waals surface area contributed by atoms with E-state index < -0.39 is 38.3 Å². The van der Waals surface area contributed by atoms with E-state index in [9.17, 15) is 28.7 Å². The molecule has 10 heteroatoms. The molecule has 158 valence electrons. The average molecular weight is 515 g/mol. The first kappa shape index (κ1) is 22.4. The first-order valence-electron chi connectivity index (χ1n) is 8.81. The number of halogens is 2. The number of hydrogen-bond donors (Lipinski definition) is 2. The summed E-state index contributed by atoms with van der Waals surface area (Å²) in [5.41, 5.74) is -1.05. The molecule has 1 fully saturated rings. The largest absolute Gasteiger partial charge is 0.507 e. The van der Waals surface area contributed by atoms with Gasteiger partial charge in [0, 0.05) is 10.0 Å². The number of methoxy groups -OCH3 is 1. The van der Waals surface area contributed by atoms with E-state index in [4.69, 9.17) is 16.3 Å². The fraction of sp³-hybridized carbons (Fsp3) is 0.300. The highest BCUT2D eigenvalue weighted by Crippen LogP contribution is 2.45. The number of ether oxygens (including phenoxy) is 1. The van der Waals surface area contributed by atoms with Crippen LogP contribution in [0.5, 0.6) is 11.5 Å². The number of nitriles is 1. The topological polar surface area (TPSA) is 125 Å². The van der Waals surface area contributed by atoms with Crippen LogP contribution in [0.25, 0.3) is 0 Å². The van der Waals surface area contributed by atoms with Gasteiger partial charge >= 0.3 is 5.97 Å². The molecular formula is C20H17BrClNO6S. The molecule has 0 heterocycles. The van der Waals surface area contributed by atoms with Crippen molar-refractivity contribution in [2.45, 2.75) is 35.3 Å². The highest BCUT2D eigenvalue weighted by Gasteiger charge is 2.40. The monoisotopic (exact) mass is 513 g/mol. The van der Waals surface area contributed by atoms with Crippen molar-refractivity contribution in [3.05, 3.63) is 50.5 Å². The number of phenols is 1.